The summed E-state index contributed by atoms with van der Waals surface area (Å²) in [5.41, 5.74) is 0.544. The summed E-state index contributed by atoms with van der Waals surface area (Å²) in [4.78, 5) is 2.47. The minimum atomic E-state index is 0.172. The van der Waals surface area contributed by atoms with Gasteiger partial charge >= 0.3 is 0 Å². The van der Waals surface area contributed by atoms with Gasteiger partial charge < -0.3 is 15.2 Å². The van der Waals surface area contributed by atoms with E-state index in [1.165, 1.54) is 32.1 Å². The van der Waals surface area contributed by atoms with E-state index in [4.69, 9.17) is 4.74 Å². The summed E-state index contributed by atoms with van der Waals surface area (Å²) in [6.45, 7) is 11.6. The lowest BCUT2D eigenvalue weighted by molar-refractivity contribution is -0.0503. The van der Waals surface area contributed by atoms with Crippen molar-refractivity contribution < 1.29 is 9.84 Å². The van der Waals surface area contributed by atoms with E-state index in [0.29, 0.717) is 12.0 Å². The molecule has 0 aromatic carbocycles. The molecule has 1 aliphatic heterocycles. The third kappa shape index (κ3) is 5.20. The highest BCUT2D eigenvalue weighted by molar-refractivity contribution is 4.92. The first kappa shape index (κ1) is 17.2. The molecule has 21 heavy (non-hydrogen) atoms. The van der Waals surface area contributed by atoms with Gasteiger partial charge in [-0.05, 0) is 39.0 Å². The number of rotatable bonds is 5. The summed E-state index contributed by atoms with van der Waals surface area (Å²) >= 11 is 0. The largest absolute Gasteiger partial charge is 0.395 e. The number of aliphatic hydroxyl groups excluding tert-OH is 1. The molecule has 1 saturated heterocycles. The highest BCUT2D eigenvalue weighted by Gasteiger charge is 2.37. The number of nitrogens with zero attached hydrogens (tertiary/aromatic N) is 1. The zero-order chi connectivity index (χ0) is 15.3. The van der Waals surface area contributed by atoms with Crippen LogP contribution in [-0.2, 0) is 4.74 Å². The lowest BCUT2D eigenvalue weighted by Gasteiger charge is -2.46. The first-order valence-corrected chi connectivity index (χ1v) is 8.62. The van der Waals surface area contributed by atoms with Crippen LogP contribution in [0.15, 0.2) is 0 Å². The predicted octanol–water partition coefficient (Wildman–Crippen LogP) is 2.02. The van der Waals surface area contributed by atoms with Gasteiger partial charge in [0.25, 0.3) is 0 Å². The van der Waals surface area contributed by atoms with Gasteiger partial charge in [0.2, 0.25) is 0 Å². The fraction of sp³-hybridized carbons (Fsp3) is 1.00. The van der Waals surface area contributed by atoms with Gasteiger partial charge in [0.05, 0.1) is 25.9 Å². The second-order valence-electron chi connectivity index (χ2n) is 8.05. The van der Waals surface area contributed by atoms with Gasteiger partial charge in [-0.2, -0.15) is 0 Å². The molecule has 0 bridgehead atoms. The first-order chi connectivity index (χ1) is 9.94. The molecule has 1 unspecified atom stereocenters. The van der Waals surface area contributed by atoms with Gasteiger partial charge in [0.15, 0.2) is 0 Å². The van der Waals surface area contributed by atoms with E-state index < -0.39 is 0 Å². The maximum atomic E-state index is 9.60. The Balaban J connectivity index is 2.00. The lowest BCUT2D eigenvalue weighted by atomic mass is 9.73. The van der Waals surface area contributed by atoms with Crippen molar-refractivity contribution in [1.82, 2.24) is 10.2 Å². The molecule has 2 rings (SSSR count). The van der Waals surface area contributed by atoms with Crippen LogP contribution in [0.3, 0.4) is 0 Å². The summed E-state index contributed by atoms with van der Waals surface area (Å²) in [6, 6.07) is 0.187. The van der Waals surface area contributed by atoms with Gasteiger partial charge in [0, 0.05) is 25.2 Å². The zero-order valence-electron chi connectivity index (χ0n) is 14.2. The van der Waals surface area contributed by atoms with Crippen LogP contribution < -0.4 is 5.32 Å². The summed E-state index contributed by atoms with van der Waals surface area (Å²) in [5.74, 6) is 0. The van der Waals surface area contributed by atoms with E-state index >= 15 is 0 Å². The van der Waals surface area contributed by atoms with Crippen molar-refractivity contribution in [2.24, 2.45) is 5.41 Å². The van der Waals surface area contributed by atoms with E-state index in [0.717, 1.165) is 26.2 Å². The van der Waals surface area contributed by atoms with Crippen LogP contribution in [0, 0.1) is 5.41 Å². The van der Waals surface area contributed by atoms with Crippen LogP contribution in [0.2, 0.25) is 0 Å². The molecule has 2 N–H and O–H groups in total. The predicted molar refractivity (Wildman–Crippen MR) is 86.5 cm³/mol. The molecule has 0 radical (unpaired) electrons. The fourth-order valence-electron chi connectivity index (χ4n) is 3.64. The van der Waals surface area contributed by atoms with Crippen LogP contribution in [0.25, 0.3) is 0 Å². The number of nitrogens with one attached hydrogen (secondary N) is 1. The molecular formula is C17H34N2O2. The van der Waals surface area contributed by atoms with Gasteiger partial charge in [-0.15, -0.1) is 0 Å². The van der Waals surface area contributed by atoms with E-state index in [9.17, 15) is 5.11 Å². The molecule has 0 amide bonds. The molecule has 0 aromatic heterocycles. The Kier molecular flexibility index (Phi) is 6.06. The van der Waals surface area contributed by atoms with Crippen molar-refractivity contribution in [1.29, 1.82) is 0 Å². The second-order valence-corrected chi connectivity index (χ2v) is 8.05. The number of aliphatic hydroxyl groups is 1. The molecule has 1 atom stereocenters. The topological polar surface area (TPSA) is 44.7 Å². The van der Waals surface area contributed by atoms with Gasteiger partial charge in [-0.1, -0.05) is 19.3 Å². The monoisotopic (exact) mass is 298 g/mol. The molecule has 2 aliphatic rings. The Hall–Kier alpha value is -0.160. The average molecular weight is 298 g/mol. The van der Waals surface area contributed by atoms with E-state index in [-0.39, 0.29) is 18.2 Å². The molecule has 0 spiro atoms. The number of ether oxygens (including phenoxy) is 1. The fourth-order valence-corrected chi connectivity index (χ4v) is 3.64. The van der Waals surface area contributed by atoms with E-state index in [1.807, 2.05) is 0 Å². The molecule has 0 aromatic rings. The zero-order valence-corrected chi connectivity index (χ0v) is 14.2. The molecule has 1 saturated carbocycles. The molecule has 4 heteroatoms. The molecule has 4 nitrogen and oxygen atoms in total. The van der Waals surface area contributed by atoms with Crippen LogP contribution in [0.1, 0.15) is 52.9 Å². The van der Waals surface area contributed by atoms with Crippen molar-refractivity contribution in [2.75, 3.05) is 39.5 Å². The third-order valence-electron chi connectivity index (χ3n) is 5.01. The quantitative estimate of drug-likeness (QED) is 0.815. The smallest absolute Gasteiger partial charge is 0.0644 e. The Labute approximate surface area is 130 Å². The maximum Gasteiger partial charge on any atom is 0.0644 e. The standard InChI is InChI=1S/C17H34N2O2/c1-16(2,3)18-13-17(7-5-4-6-8-17)14-19-9-10-21-12-15(19)11-20/h15,18,20H,4-14H2,1-3H3. The van der Waals surface area contributed by atoms with Crippen LogP contribution in [0.5, 0.6) is 0 Å². The minimum absolute atomic E-state index is 0.172. The summed E-state index contributed by atoms with van der Waals surface area (Å²) in [7, 11) is 0. The lowest BCUT2D eigenvalue weighted by Crippen LogP contribution is -2.55. The molecular weight excluding hydrogens is 264 g/mol. The number of morpholine rings is 1. The Bertz CT molecular complexity index is 308. The maximum absolute atomic E-state index is 9.60. The molecule has 2 fully saturated rings. The summed E-state index contributed by atoms with van der Waals surface area (Å²) in [6.07, 6.45) is 6.70. The normalized spacial score (nSPS) is 27.7. The SMILES string of the molecule is CC(C)(C)NCC1(CN2CCOCC2CO)CCCCC1. The van der Waals surface area contributed by atoms with Crippen LogP contribution >= 0.6 is 0 Å². The highest BCUT2D eigenvalue weighted by atomic mass is 16.5. The average Bonchev–Trinajstić information content (AvgIpc) is 2.46. The van der Waals surface area contributed by atoms with Gasteiger partial charge in [0.1, 0.15) is 0 Å². The van der Waals surface area contributed by atoms with Crippen molar-refractivity contribution in [3.05, 3.63) is 0 Å². The third-order valence-corrected chi connectivity index (χ3v) is 5.01. The Morgan fingerprint density at radius 2 is 1.95 bits per heavy atom. The van der Waals surface area contributed by atoms with Crippen molar-refractivity contribution in [2.45, 2.75) is 64.5 Å². The van der Waals surface area contributed by atoms with Crippen molar-refractivity contribution in [3.8, 4) is 0 Å². The summed E-state index contributed by atoms with van der Waals surface area (Å²) in [5, 5.41) is 13.3. The highest BCUT2D eigenvalue weighted by Crippen LogP contribution is 2.37. The molecule has 1 heterocycles. The Morgan fingerprint density at radius 3 is 2.57 bits per heavy atom. The van der Waals surface area contributed by atoms with Gasteiger partial charge in [-0.25, -0.2) is 0 Å². The minimum Gasteiger partial charge on any atom is -0.395 e. The summed E-state index contributed by atoms with van der Waals surface area (Å²) < 4.78 is 5.52. The molecule has 124 valence electrons. The first-order valence-electron chi connectivity index (χ1n) is 8.62. The van der Waals surface area contributed by atoms with Gasteiger partial charge in [-0.3, -0.25) is 4.90 Å². The Morgan fingerprint density at radius 1 is 1.24 bits per heavy atom. The van der Waals surface area contributed by atoms with Crippen LogP contribution in [-0.4, -0.2) is 61.0 Å². The van der Waals surface area contributed by atoms with Crippen molar-refractivity contribution in [3.63, 3.8) is 0 Å². The molecule has 1 aliphatic carbocycles. The van der Waals surface area contributed by atoms with Crippen LogP contribution in [0.4, 0.5) is 0 Å². The number of hydrogen-bond donors (Lipinski definition) is 2. The number of hydrogen-bond acceptors (Lipinski definition) is 4. The second kappa shape index (κ2) is 7.40. The van der Waals surface area contributed by atoms with Crippen molar-refractivity contribution >= 4 is 0 Å². The van der Waals surface area contributed by atoms with E-state index in [1.54, 1.807) is 0 Å². The van der Waals surface area contributed by atoms with E-state index in [2.05, 4.69) is 31.0 Å².